The number of aryl methyl sites for hydroxylation is 1. The number of alkyl halides is 3. The van der Waals surface area contributed by atoms with Crippen LogP contribution in [0, 0.1) is 13.8 Å². The second kappa shape index (κ2) is 10.3. The topological polar surface area (TPSA) is 105 Å². The Morgan fingerprint density at radius 2 is 1.85 bits per heavy atom. The first-order valence-corrected chi connectivity index (χ1v) is 12.9. The Kier molecular flexibility index (Phi) is 7.03. The molecule has 40 heavy (non-hydrogen) atoms. The van der Waals surface area contributed by atoms with E-state index in [-0.39, 0.29) is 23.2 Å². The Hall–Kier alpha value is -4.35. The Bertz CT molecular complexity index is 1640. The number of hydrogen-bond donors (Lipinski definition) is 2. The number of fused-ring (bicyclic) bond motifs is 1. The number of aromatic carboxylic acids is 1. The van der Waals surface area contributed by atoms with Gasteiger partial charge in [-0.25, -0.2) is 9.78 Å². The quantitative estimate of drug-likeness (QED) is 0.336. The van der Waals surface area contributed by atoms with Crippen molar-refractivity contribution in [1.29, 1.82) is 0 Å². The minimum atomic E-state index is -4.49. The molecule has 0 amide bonds. The highest BCUT2D eigenvalue weighted by Gasteiger charge is 2.34. The van der Waals surface area contributed by atoms with Crippen LogP contribution in [-0.2, 0) is 6.18 Å². The molecule has 0 aliphatic carbocycles. The number of nitrogens with one attached hydrogen (secondary N) is 1. The lowest BCUT2D eigenvalue weighted by molar-refractivity contribution is -0.141. The molecule has 1 aromatic carbocycles. The predicted octanol–water partition coefficient (Wildman–Crippen LogP) is 5.24. The number of para-hydroxylation sites is 1. The van der Waals surface area contributed by atoms with Crippen molar-refractivity contribution < 1.29 is 23.1 Å². The molecule has 2 N–H and O–H groups in total. The number of nitrogens with zero attached hydrogens (tertiary/aromatic N) is 5. The molecular formula is C28H29F3N6O3. The number of carboxylic acid groups (broad SMARTS) is 1. The van der Waals surface area contributed by atoms with Gasteiger partial charge in [0.1, 0.15) is 11.5 Å². The van der Waals surface area contributed by atoms with E-state index >= 15 is 0 Å². The van der Waals surface area contributed by atoms with Crippen molar-refractivity contribution in [2.45, 2.75) is 51.9 Å². The minimum absolute atomic E-state index is 0.135. The molecule has 5 rings (SSSR count). The molecule has 1 aliphatic rings. The number of anilines is 2. The standard InChI is InChI=1S/C28H29F3N6O3/c1-16-14-21(18(3)32-22-7-5-4-6-20(22)27(39)40)25-33-24(17(2)26(38)36(25)15-16)35-11-8-19(9-12-35)37-13-10-23(34-37)28(29,30)31/h4-7,10,13-15,18-19,32H,8-9,11-12H2,1-3H3,(H,39,40)/t18-/m1/s1. The van der Waals surface area contributed by atoms with E-state index in [1.807, 2.05) is 24.8 Å². The third-order valence-corrected chi connectivity index (χ3v) is 7.32. The van der Waals surface area contributed by atoms with E-state index in [4.69, 9.17) is 4.98 Å². The Morgan fingerprint density at radius 1 is 1.15 bits per heavy atom. The predicted molar refractivity (Wildman–Crippen MR) is 144 cm³/mol. The number of piperidine rings is 1. The largest absolute Gasteiger partial charge is 0.478 e. The third kappa shape index (κ3) is 5.13. The van der Waals surface area contributed by atoms with Crippen LogP contribution in [0.4, 0.5) is 24.7 Å². The molecule has 210 valence electrons. The molecule has 0 radical (unpaired) electrons. The second-order valence-corrected chi connectivity index (χ2v) is 10.1. The summed E-state index contributed by atoms with van der Waals surface area (Å²) in [5.41, 5.74) is 1.96. The van der Waals surface area contributed by atoms with Gasteiger partial charge in [0.05, 0.1) is 23.2 Å². The van der Waals surface area contributed by atoms with Crippen LogP contribution in [0.15, 0.2) is 53.6 Å². The highest BCUT2D eigenvalue weighted by atomic mass is 19.4. The van der Waals surface area contributed by atoms with Crippen LogP contribution in [0.5, 0.6) is 0 Å². The summed E-state index contributed by atoms with van der Waals surface area (Å²) in [6.07, 6.45) is -0.308. The SMILES string of the molecule is Cc1cc([C@@H](C)Nc2ccccc2C(=O)O)c2nc(N3CCC(n4ccc(C(F)(F)F)n4)CC3)c(C)c(=O)n2c1. The van der Waals surface area contributed by atoms with Crippen LogP contribution in [0.25, 0.3) is 5.65 Å². The maximum atomic E-state index is 13.5. The zero-order valence-electron chi connectivity index (χ0n) is 22.2. The van der Waals surface area contributed by atoms with E-state index in [9.17, 15) is 27.9 Å². The van der Waals surface area contributed by atoms with E-state index in [1.54, 1.807) is 31.3 Å². The number of carbonyl (C=O) groups is 1. The summed E-state index contributed by atoms with van der Waals surface area (Å²) in [5, 5.41) is 16.6. The number of rotatable bonds is 6. The van der Waals surface area contributed by atoms with Gasteiger partial charge in [-0.2, -0.15) is 18.3 Å². The Morgan fingerprint density at radius 3 is 2.50 bits per heavy atom. The summed E-state index contributed by atoms with van der Waals surface area (Å²) >= 11 is 0. The number of hydrogen-bond acceptors (Lipinski definition) is 6. The van der Waals surface area contributed by atoms with E-state index in [0.717, 1.165) is 17.2 Å². The minimum Gasteiger partial charge on any atom is -0.478 e. The first kappa shape index (κ1) is 27.2. The summed E-state index contributed by atoms with van der Waals surface area (Å²) in [6, 6.07) is 8.94. The monoisotopic (exact) mass is 554 g/mol. The van der Waals surface area contributed by atoms with Gasteiger partial charge in [0.2, 0.25) is 0 Å². The molecule has 4 heterocycles. The summed E-state index contributed by atoms with van der Waals surface area (Å²) < 4.78 is 41.9. The van der Waals surface area contributed by atoms with Crippen LogP contribution >= 0.6 is 0 Å². The van der Waals surface area contributed by atoms with Crippen LogP contribution in [0.3, 0.4) is 0 Å². The number of pyridine rings is 1. The van der Waals surface area contributed by atoms with Gasteiger partial charge in [0.25, 0.3) is 5.56 Å². The average Bonchev–Trinajstić information content (AvgIpc) is 3.42. The van der Waals surface area contributed by atoms with Gasteiger partial charge in [-0.1, -0.05) is 12.1 Å². The Balaban J connectivity index is 1.45. The maximum absolute atomic E-state index is 13.5. The lowest BCUT2D eigenvalue weighted by Crippen LogP contribution is -2.37. The highest BCUT2D eigenvalue weighted by molar-refractivity contribution is 5.94. The summed E-state index contributed by atoms with van der Waals surface area (Å²) in [5.74, 6) is -0.520. The maximum Gasteiger partial charge on any atom is 0.435 e. The van der Waals surface area contributed by atoms with Gasteiger partial charge in [-0.15, -0.1) is 0 Å². The fourth-order valence-corrected chi connectivity index (χ4v) is 5.25. The van der Waals surface area contributed by atoms with Gasteiger partial charge in [-0.05, 0) is 63.4 Å². The van der Waals surface area contributed by atoms with Crippen LogP contribution < -0.4 is 15.8 Å². The van der Waals surface area contributed by atoms with Crippen LogP contribution in [-0.4, -0.2) is 43.3 Å². The molecule has 0 bridgehead atoms. The van der Waals surface area contributed by atoms with E-state index in [0.29, 0.717) is 48.6 Å². The average molecular weight is 555 g/mol. The summed E-state index contributed by atoms with van der Waals surface area (Å²) in [7, 11) is 0. The zero-order chi connectivity index (χ0) is 28.8. The van der Waals surface area contributed by atoms with Gasteiger partial charge in [0.15, 0.2) is 5.69 Å². The molecule has 0 unspecified atom stereocenters. The number of benzene rings is 1. The molecule has 4 aromatic rings. The summed E-state index contributed by atoms with van der Waals surface area (Å²) in [6.45, 7) is 6.47. The van der Waals surface area contributed by atoms with Gasteiger partial charge < -0.3 is 15.3 Å². The van der Waals surface area contributed by atoms with Gasteiger partial charge in [0, 0.05) is 36.7 Å². The molecule has 1 aliphatic heterocycles. The number of carboxylic acids is 1. The van der Waals surface area contributed by atoms with Crippen molar-refractivity contribution in [2.75, 3.05) is 23.3 Å². The molecule has 3 aromatic heterocycles. The van der Waals surface area contributed by atoms with E-state index in [2.05, 4.69) is 10.4 Å². The third-order valence-electron chi connectivity index (χ3n) is 7.32. The van der Waals surface area contributed by atoms with Crippen LogP contribution in [0.1, 0.15) is 64.6 Å². The Labute approximate surface area is 227 Å². The fraction of sp³-hybridized carbons (Fsp3) is 0.357. The second-order valence-electron chi connectivity index (χ2n) is 10.1. The lowest BCUT2D eigenvalue weighted by Gasteiger charge is -2.34. The molecule has 9 nitrogen and oxygen atoms in total. The number of aromatic nitrogens is 4. The van der Waals surface area contributed by atoms with Crippen molar-refractivity contribution in [3.8, 4) is 0 Å². The first-order valence-electron chi connectivity index (χ1n) is 12.9. The highest BCUT2D eigenvalue weighted by Crippen LogP contribution is 2.32. The van der Waals surface area contributed by atoms with Crippen molar-refractivity contribution >= 4 is 23.1 Å². The van der Waals surface area contributed by atoms with Crippen molar-refractivity contribution in [2.24, 2.45) is 0 Å². The molecule has 0 saturated carbocycles. The fourth-order valence-electron chi connectivity index (χ4n) is 5.25. The molecule has 12 heteroatoms. The van der Waals surface area contributed by atoms with Crippen LogP contribution in [0.2, 0.25) is 0 Å². The van der Waals surface area contributed by atoms with Gasteiger partial charge >= 0.3 is 12.1 Å². The molecule has 1 saturated heterocycles. The molecule has 1 fully saturated rings. The van der Waals surface area contributed by atoms with Gasteiger partial charge in [-0.3, -0.25) is 13.9 Å². The zero-order valence-corrected chi connectivity index (χ0v) is 22.2. The van der Waals surface area contributed by atoms with E-state index < -0.39 is 17.8 Å². The van der Waals surface area contributed by atoms with Crippen molar-refractivity contribution in [3.05, 3.63) is 87.1 Å². The smallest absolute Gasteiger partial charge is 0.435 e. The van der Waals surface area contributed by atoms with Crippen molar-refractivity contribution in [1.82, 2.24) is 19.2 Å². The first-order chi connectivity index (χ1) is 18.9. The summed E-state index contributed by atoms with van der Waals surface area (Å²) in [4.78, 5) is 32.1. The van der Waals surface area contributed by atoms with E-state index in [1.165, 1.54) is 21.3 Å². The lowest BCUT2D eigenvalue weighted by atomic mass is 10.0. The molecular weight excluding hydrogens is 525 g/mol. The normalized spacial score (nSPS) is 15.4. The van der Waals surface area contributed by atoms with Crippen molar-refractivity contribution in [3.63, 3.8) is 0 Å². The number of halogens is 3. The molecule has 0 spiro atoms. The molecule has 1 atom stereocenters.